The van der Waals surface area contributed by atoms with Crippen molar-refractivity contribution in [2.75, 3.05) is 37.7 Å². The number of H-pyrrole nitrogens is 1. The number of aromatic nitrogens is 3. The van der Waals surface area contributed by atoms with Crippen LogP contribution in [0.5, 0.6) is 0 Å². The summed E-state index contributed by atoms with van der Waals surface area (Å²) >= 11 is 0. The molecule has 1 saturated heterocycles. The Bertz CT molecular complexity index is 852. The van der Waals surface area contributed by atoms with Crippen LogP contribution in [-0.2, 0) is 9.53 Å². The largest absolute Gasteiger partial charge is 0.449 e. The molecule has 0 saturated carbocycles. The molecule has 3 rings (SSSR count). The predicted octanol–water partition coefficient (Wildman–Crippen LogP) is 1.37. The maximum Gasteiger partial charge on any atom is 0.409 e. The Hall–Kier alpha value is -3.10. The topological polar surface area (TPSA) is 117 Å². The summed E-state index contributed by atoms with van der Waals surface area (Å²) in [4.78, 5) is 38.9. The van der Waals surface area contributed by atoms with Crippen LogP contribution < -0.4 is 10.6 Å². The van der Waals surface area contributed by atoms with E-state index in [1.807, 2.05) is 13.8 Å². The van der Waals surface area contributed by atoms with E-state index in [0.717, 1.165) is 11.4 Å². The zero-order chi connectivity index (χ0) is 19.4. The summed E-state index contributed by atoms with van der Waals surface area (Å²) < 4.78 is 5.28. The Labute approximate surface area is 157 Å². The van der Waals surface area contributed by atoms with Crippen molar-refractivity contribution in [3.05, 3.63) is 24.0 Å². The molecule has 9 heteroatoms. The first-order valence-corrected chi connectivity index (χ1v) is 8.92. The highest BCUT2D eigenvalue weighted by Gasteiger charge is 2.23. The lowest BCUT2D eigenvalue weighted by Crippen LogP contribution is -2.49. The minimum absolute atomic E-state index is 0.269. The van der Waals surface area contributed by atoms with Crippen molar-refractivity contribution in [1.82, 2.24) is 19.9 Å². The summed E-state index contributed by atoms with van der Waals surface area (Å²) in [7, 11) is 0. The molecule has 0 aliphatic carbocycles. The second-order valence-corrected chi connectivity index (χ2v) is 6.85. The maximum atomic E-state index is 12.1. The van der Waals surface area contributed by atoms with Gasteiger partial charge in [0.2, 0.25) is 5.91 Å². The van der Waals surface area contributed by atoms with Crippen LogP contribution in [0.1, 0.15) is 19.4 Å². The molecule has 0 atom stereocenters. The van der Waals surface area contributed by atoms with Crippen molar-refractivity contribution in [2.45, 2.75) is 13.8 Å². The van der Waals surface area contributed by atoms with Gasteiger partial charge in [-0.3, -0.25) is 4.79 Å². The molecule has 1 aliphatic rings. The summed E-state index contributed by atoms with van der Waals surface area (Å²) in [6.45, 7) is 6.87. The fourth-order valence-electron chi connectivity index (χ4n) is 2.80. The quantitative estimate of drug-likeness (QED) is 0.766. The molecule has 1 aliphatic heterocycles. The number of rotatable bonds is 5. The van der Waals surface area contributed by atoms with Gasteiger partial charge in [0.05, 0.1) is 12.8 Å². The minimum Gasteiger partial charge on any atom is -0.449 e. The molecule has 3 N–H and O–H groups in total. The first-order chi connectivity index (χ1) is 12.9. The van der Waals surface area contributed by atoms with E-state index >= 15 is 0 Å². The van der Waals surface area contributed by atoms with Crippen LogP contribution in [0.2, 0.25) is 0 Å². The Morgan fingerprint density at radius 2 is 2.07 bits per heavy atom. The Balaban J connectivity index is 1.67. The molecular formula is C18H24N6O3. The summed E-state index contributed by atoms with van der Waals surface area (Å²) in [6, 6.07) is 0. The van der Waals surface area contributed by atoms with Crippen molar-refractivity contribution in [3.8, 4) is 0 Å². The molecule has 0 bridgehead atoms. The normalized spacial score (nSPS) is 15.1. The second-order valence-electron chi connectivity index (χ2n) is 6.85. The lowest BCUT2D eigenvalue weighted by atomic mass is 10.2. The molecular weight excluding hydrogens is 348 g/mol. The van der Waals surface area contributed by atoms with Gasteiger partial charge in [0, 0.05) is 44.0 Å². The van der Waals surface area contributed by atoms with Crippen LogP contribution in [0, 0.1) is 5.92 Å². The second kappa shape index (κ2) is 8.07. The third-order valence-corrected chi connectivity index (χ3v) is 4.23. The van der Waals surface area contributed by atoms with E-state index in [1.165, 1.54) is 6.08 Å². The fraction of sp³-hybridized carbons (Fsp3) is 0.444. The highest BCUT2D eigenvalue weighted by Crippen LogP contribution is 2.20. The van der Waals surface area contributed by atoms with Gasteiger partial charge in [-0.1, -0.05) is 13.8 Å². The molecule has 0 aromatic carbocycles. The Morgan fingerprint density at radius 1 is 1.33 bits per heavy atom. The van der Waals surface area contributed by atoms with Crippen LogP contribution in [0.3, 0.4) is 0 Å². The average molecular weight is 372 g/mol. The van der Waals surface area contributed by atoms with Crippen LogP contribution in [-0.4, -0.2) is 64.6 Å². The Kier molecular flexibility index (Phi) is 5.58. The number of amides is 2. The lowest BCUT2D eigenvalue weighted by Gasteiger charge is -2.34. The number of hydrogen-bond donors (Lipinski definition) is 2. The van der Waals surface area contributed by atoms with Gasteiger partial charge >= 0.3 is 6.09 Å². The third kappa shape index (κ3) is 4.55. The van der Waals surface area contributed by atoms with E-state index in [-0.39, 0.29) is 6.09 Å². The van der Waals surface area contributed by atoms with Gasteiger partial charge in [-0.05, 0) is 12.0 Å². The van der Waals surface area contributed by atoms with E-state index in [9.17, 15) is 9.59 Å². The summed E-state index contributed by atoms with van der Waals surface area (Å²) in [6.07, 6.45) is 6.07. The van der Waals surface area contributed by atoms with Crippen LogP contribution >= 0.6 is 0 Å². The number of aromatic amines is 1. The molecule has 3 heterocycles. The number of carbonyl (C=O) groups is 2. The van der Waals surface area contributed by atoms with E-state index in [0.29, 0.717) is 49.9 Å². The predicted molar refractivity (Wildman–Crippen MR) is 102 cm³/mol. The minimum atomic E-state index is -0.520. The van der Waals surface area contributed by atoms with Crippen LogP contribution in [0.25, 0.3) is 17.2 Å². The van der Waals surface area contributed by atoms with Crippen molar-refractivity contribution in [3.63, 3.8) is 0 Å². The number of piperazine rings is 1. The monoisotopic (exact) mass is 372 g/mol. The number of fused-ring (bicyclic) bond motifs is 1. The molecule has 1 fully saturated rings. The SMILES string of the molecule is CC(C)COC(=O)N1CCN(c2cnc3[nH]cc(C=CC(N)=O)c3n2)CC1. The van der Waals surface area contributed by atoms with Gasteiger partial charge in [0.15, 0.2) is 5.65 Å². The zero-order valence-electron chi connectivity index (χ0n) is 15.5. The molecule has 0 unspecified atom stereocenters. The summed E-state index contributed by atoms with van der Waals surface area (Å²) in [5.74, 6) is 0.524. The highest BCUT2D eigenvalue weighted by molar-refractivity contribution is 5.93. The van der Waals surface area contributed by atoms with Crippen LogP contribution in [0.15, 0.2) is 18.5 Å². The average Bonchev–Trinajstić information content (AvgIpc) is 3.06. The number of ether oxygens (including phenoxy) is 1. The Morgan fingerprint density at radius 3 is 2.74 bits per heavy atom. The first kappa shape index (κ1) is 18.7. The maximum absolute atomic E-state index is 12.1. The van der Waals surface area contributed by atoms with Gasteiger partial charge in [0.1, 0.15) is 11.3 Å². The number of carbonyl (C=O) groups excluding carboxylic acids is 2. The van der Waals surface area contributed by atoms with Gasteiger partial charge in [-0.2, -0.15) is 0 Å². The highest BCUT2D eigenvalue weighted by atomic mass is 16.6. The standard InChI is InChI=1S/C18H24N6O3/c1-12(2)11-27-18(26)24-7-5-23(6-8-24)15-10-21-17-16(22-15)13(9-20-17)3-4-14(19)25/h3-4,9-10,12H,5-8,11H2,1-2H3,(H2,19,25)(H,20,21). The lowest BCUT2D eigenvalue weighted by molar-refractivity contribution is -0.113. The molecule has 27 heavy (non-hydrogen) atoms. The van der Waals surface area contributed by atoms with Crippen LogP contribution in [0.4, 0.5) is 10.6 Å². The smallest absolute Gasteiger partial charge is 0.409 e. The molecule has 144 valence electrons. The molecule has 9 nitrogen and oxygen atoms in total. The summed E-state index contributed by atoms with van der Waals surface area (Å²) in [5.41, 5.74) is 7.21. The van der Waals surface area contributed by atoms with E-state index in [4.69, 9.17) is 10.5 Å². The van der Waals surface area contributed by atoms with Crippen molar-refractivity contribution in [1.29, 1.82) is 0 Å². The zero-order valence-corrected chi connectivity index (χ0v) is 15.5. The fourth-order valence-corrected chi connectivity index (χ4v) is 2.80. The molecule has 0 spiro atoms. The van der Waals surface area contributed by atoms with E-state index in [1.54, 1.807) is 23.4 Å². The molecule has 2 amide bonds. The number of nitrogens with two attached hydrogens (primary N) is 1. The van der Waals surface area contributed by atoms with Gasteiger partial charge in [0.25, 0.3) is 0 Å². The molecule has 2 aromatic rings. The summed E-state index contributed by atoms with van der Waals surface area (Å²) in [5, 5.41) is 0. The number of anilines is 1. The first-order valence-electron chi connectivity index (χ1n) is 8.92. The van der Waals surface area contributed by atoms with Crippen molar-refractivity contribution >= 4 is 35.1 Å². The molecule has 0 radical (unpaired) electrons. The number of nitrogens with one attached hydrogen (secondary N) is 1. The van der Waals surface area contributed by atoms with Crippen molar-refractivity contribution in [2.24, 2.45) is 11.7 Å². The molecule has 2 aromatic heterocycles. The number of hydrogen-bond acceptors (Lipinski definition) is 6. The van der Waals surface area contributed by atoms with Gasteiger partial charge < -0.3 is 25.3 Å². The number of primary amides is 1. The number of nitrogens with zero attached hydrogens (tertiary/aromatic N) is 4. The van der Waals surface area contributed by atoms with Crippen molar-refractivity contribution < 1.29 is 14.3 Å². The third-order valence-electron chi connectivity index (χ3n) is 4.23. The van der Waals surface area contributed by atoms with Gasteiger partial charge in [-0.15, -0.1) is 0 Å². The van der Waals surface area contributed by atoms with Gasteiger partial charge in [-0.25, -0.2) is 14.8 Å². The van der Waals surface area contributed by atoms with E-state index < -0.39 is 5.91 Å². The van der Waals surface area contributed by atoms with E-state index in [2.05, 4.69) is 19.9 Å².